The lowest BCUT2D eigenvalue weighted by molar-refractivity contribution is 0.0979. The SMILES string of the molecule is CSC1=C(Nc2ccc(Br)c(C)c2)C(=O)c2cccnc2C1=O. The molecule has 1 aliphatic carbocycles. The van der Waals surface area contributed by atoms with Gasteiger partial charge in [0.1, 0.15) is 11.4 Å². The van der Waals surface area contributed by atoms with E-state index in [1.54, 1.807) is 18.4 Å². The lowest BCUT2D eigenvalue weighted by Crippen LogP contribution is -2.26. The number of Topliss-reactive ketones (excluding diaryl/α,β-unsaturated/α-hetero) is 2. The van der Waals surface area contributed by atoms with E-state index < -0.39 is 0 Å². The smallest absolute Gasteiger partial charge is 0.220 e. The largest absolute Gasteiger partial charge is 0.351 e. The van der Waals surface area contributed by atoms with Crippen LogP contribution in [0.25, 0.3) is 0 Å². The average molecular weight is 389 g/mol. The average Bonchev–Trinajstić information content (AvgIpc) is 2.56. The summed E-state index contributed by atoms with van der Waals surface area (Å²) in [6.07, 6.45) is 3.31. The maximum Gasteiger partial charge on any atom is 0.220 e. The monoisotopic (exact) mass is 388 g/mol. The van der Waals surface area contributed by atoms with E-state index in [1.165, 1.54) is 18.0 Å². The highest BCUT2D eigenvalue weighted by Gasteiger charge is 2.33. The van der Waals surface area contributed by atoms with E-state index in [9.17, 15) is 9.59 Å². The Morgan fingerprint density at radius 3 is 2.65 bits per heavy atom. The van der Waals surface area contributed by atoms with Gasteiger partial charge >= 0.3 is 0 Å². The van der Waals surface area contributed by atoms with Gasteiger partial charge < -0.3 is 5.32 Å². The number of ketones is 2. The van der Waals surface area contributed by atoms with Gasteiger partial charge in [-0.1, -0.05) is 15.9 Å². The Kier molecular flexibility index (Phi) is 4.37. The number of hydrogen-bond acceptors (Lipinski definition) is 5. The van der Waals surface area contributed by atoms with Crippen molar-refractivity contribution in [3.8, 4) is 0 Å². The summed E-state index contributed by atoms with van der Waals surface area (Å²) >= 11 is 4.70. The lowest BCUT2D eigenvalue weighted by atomic mass is 9.96. The standard InChI is InChI=1S/C17H13BrN2O2S/c1-9-8-10(5-6-12(9)18)20-14-15(21)11-4-3-7-19-13(11)16(22)17(14)23-2/h3-8,20H,1-2H3. The molecule has 23 heavy (non-hydrogen) atoms. The second kappa shape index (κ2) is 6.29. The van der Waals surface area contributed by atoms with Crippen LogP contribution in [0.1, 0.15) is 26.4 Å². The van der Waals surface area contributed by atoms with Gasteiger partial charge in [-0.05, 0) is 49.1 Å². The Bertz CT molecular complexity index is 861. The number of benzene rings is 1. The van der Waals surface area contributed by atoms with Crippen molar-refractivity contribution in [2.24, 2.45) is 0 Å². The Balaban J connectivity index is 2.07. The molecule has 0 saturated carbocycles. The molecule has 0 atom stereocenters. The minimum atomic E-state index is -0.218. The molecule has 0 radical (unpaired) electrons. The van der Waals surface area contributed by atoms with Crippen LogP contribution in [0.2, 0.25) is 0 Å². The maximum absolute atomic E-state index is 12.8. The Hall–Kier alpha value is -1.92. The molecule has 0 spiro atoms. The summed E-state index contributed by atoms with van der Waals surface area (Å²) in [5.41, 5.74) is 2.68. The van der Waals surface area contributed by atoms with Crippen molar-refractivity contribution < 1.29 is 9.59 Å². The van der Waals surface area contributed by atoms with Crippen molar-refractivity contribution in [2.75, 3.05) is 11.6 Å². The van der Waals surface area contributed by atoms with Crippen molar-refractivity contribution in [3.05, 3.63) is 68.4 Å². The number of allylic oxidation sites excluding steroid dienone is 2. The number of hydrogen-bond donors (Lipinski definition) is 1. The highest BCUT2D eigenvalue weighted by atomic mass is 79.9. The molecule has 116 valence electrons. The van der Waals surface area contributed by atoms with Crippen LogP contribution in [0, 0.1) is 6.92 Å². The first-order valence-electron chi connectivity index (χ1n) is 6.88. The van der Waals surface area contributed by atoms with Crippen LogP contribution in [0.3, 0.4) is 0 Å². The fraction of sp³-hybridized carbons (Fsp3) is 0.118. The fourth-order valence-corrected chi connectivity index (χ4v) is 3.28. The number of halogens is 1. The number of fused-ring (bicyclic) bond motifs is 1. The molecule has 1 N–H and O–H groups in total. The fourth-order valence-electron chi connectivity index (χ4n) is 2.40. The summed E-state index contributed by atoms with van der Waals surface area (Å²) in [4.78, 5) is 29.8. The van der Waals surface area contributed by atoms with E-state index in [2.05, 4.69) is 26.2 Å². The molecule has 0 bridgehead atoms. The van der Waals surface area contributed by atoms with E-state index in [1.807, 2.05) is 25.1 Å². The zero-order valence-electron chi connectivity index (χ0n) is 12.5. The molecule has 1 aromatic carbocycles. The van der Waals surface area contributed by atoms with Crippen LogP contribution in [0.4, 0.5) is 5.69 Å². The second-order valence-corrected chi connectivity index (χ2v) is 6.73. The summed E-state index contributed by atoms with van der Waals surface area (Å²) in [7, 11) is 0. The number of carbonyl (C=O) groups is 2. The van der Waals surface area contributed by atoms with E-state index in [0.29, 0.717) is 16.2 Å². The van der Waals surface area contributed by atoms with E-state index in [-0.39, 0.29) is 17.3 Å². The number of nitrogens with one attached hydrogen (secondary N) is 1. The van der Waals surface area contributed by atoms with Crippen molar-refractivity contribution in [1.29, 1.82) is 0 Å². The number of rotatable bonds is 3. The van der Waals surface area contributed by atoms with Crippen LogP contribution in [0.5, 0.6) is 0 Å². The molecule has 0 fully saturated rings. The third-order valence-electron chi connectivity index (χ3n) is 3.56. The Morgan fingerprint density at radius 1 is 1.17 bits per heavy atom. The third kappa shape index (κ3) is 2.84. The molecule has 2 aromatic rings. The van der Waals surface area contributed by atoms with Crippen molar-refractivity contribution in [2.45, 2.75) is 6.92 Å². The molecule has 1 heterocycles. The lowest BCUT2D eigenvalue weighted by Gasteiger charge is -2.20. The van der Waals surface area contributed by atoms with Crippen LogP contribution in [0.15, 0.2) is 51.6 Å². The van der Waals surface area contributed by atoms with E-state index in [4.69, 9.17) is 0 Å². The van der Waals surface area contributed by atoms with Gasteiger partial charge in [0.05, 0.1) is 10.5 Å². The molecule has 0 unspecified atom stereocenters. The van der Waals surface area contributed by atoms with Crippen LogP contribution in [-0.4, -0.2) is 22.8 Å². The summed E-state index contributed by atoms with van der Waals surface area (Å²) in [5, 5.41) is 3.11. The quantitative estimate of drug-likeness (QED) is 0.852. The number of aromatic nitrogens is 1. The summed E-state index contributed by atoms with van der Waals surface area (Å²) in [6.45, 7) is 1.96. The van der Waals surface area contributed by atoms with Crippen molar-refractivity contribution in [3.63, 3.8) is 0 Å². The highest BCUT2D eigenvalue weighted by molar-refractivity contribution is 9.10. The number of anilines is 1. The molecule has 4 nitrogen and oxygen atoms in total. The molecular weight excluding hydrogens is 376 g/mol. The van der Waals surface area contributed by atoms with Crippen LogP contribution in [-0.2, 0) is 0 Å². The van der Waals surface area contributed by atoms with Crippen molar-refractivity contribution >= 4 is 44.9 Å². The molecule has 0 amide bonds. The summed E-state index contributed by atoms with van der Waals surface area (Å²) < 4.78 is 0.989. The van der Waals surface area contributed by atoms with E-state index >= 15 is 0 Å². The first kappa shape index (κ1) is 16.0. The van der Waals surface area contributed by atoms with Gasteiger partial charge in [-0.3, -0.25) is 14.6 Å². The molecule has 1 aliphatic rings. The number of pyridine rings is 1. The number of thioether (sulfide) groups is 1. The topological polar surface area (TPSA) is 59.1 Å². The first-order chi connectivity index (χ1) is 11.0. The molecule has 1 aromatic heterocycles. The number of carbonyl (C=O) groups excluding carboxylic acids is 2. The van der Waals surface area contributed by atoms with Gasteiger partial charge in [0.2, 0.25) is 11.6 Å². The van der Waals surface area contributed by atoms with Crippen molar-refractivity contribution in [1.82, 2.24) is 4.98 Å². The van der Waals surface area contributed by atoms with Gasteiger partial charge in [0.25, 0.3) is 0 Å². The highest BCUT2D eigenvalue weighted by Crippen LogP contribution is 2.32. The maximum atomic E-state index is 12.8. The molecule has 0 aliphatic heterocycles. The van der Waals surface area contributed by atoms with E-state index in [0.717, 1.165) is 15.7 Å². The Labute approximate surface area is 146 Å². The van der Waals surface area contributed by atoms with Gasteiger partial charge in [-0.25, -0.2) is 0 Å². The zero-order chi connectivity index (χ0) is 16.6. The normalized spacial score (nSPS) is 14.0. The molecule has 3 rings (SSSR count). The van der Waals surface area contributed by atoms with Crippen LogP contribution < -0.4 is 5.32 Å². The number of nitrogens with zero attached hydrogens (tertiary/aromatic N) is 1. The first-order valence-corrected chi connectivity index (χ1v) is 8.90. The zero-order valence-corrected chi connectivity index (χ0v) is 14.9. The summed E-state index contributed by atoms with van der Waals surface area (Å²) in [5.74, 6) is -0.429. The predicted octanol–water partition coefficient (Wildman–Crippen LogP) is 4.22. The molecule has 6 heteroatoms. The molecular formula is C17H13BrN2O2S. The predicted molar refractivity (Wildman–Crippen MR) is 95.9 cm³/mol. The van der Waals surface area contributed by atoms with Gasteiger partial charge in [0.15, 0.2) is 0 Å². The van der Waals surface area contributed by atoms with Gasteiger partial charge in [0, 0.05) is 16.4 Å². The van der Waals surface area contributed by atoms with Gasteiger partial charge in [-0.2, -0.15) is 0 Å². The minimum Gasteiger partial charge on any atom is -0.351 e. The third-order valence-corrected chi connectivity index (χ3v) is 5.25. The second-order valence-electron chi connectivity index (χ2n) is 5.06. The number of aryl methyl sites for hydroxylation is 1. The Morgan fingerprint density at radius 2 is 1.96 bits per heavy atom. The van der Waals surface area contributed by atoms with Crippen LogP contribution >= 0.6 is 27.7 Å². The minimum absolute atomic E-state index is 0.211. The summed E-state index contributed by atoms with van der Waals surface area (Å²) in [6, 6.07) is 8.98. The molecule has 0 saturated heterocycles. The van der Waals surface area contributed by atoms with Gasteiger partial charge in [-0.15, -0.1) is 11.8 Å².